The zero-order valence-electron chi connectivity index (χ0n) is 14.2. The van der Waals surface area contributed by atoms with E-state index in [4.69, 9.17) is 0 Å². The summed E-state index contributed by atoms with van der Waals surface area (Å²) in [4.78, 5) is 0. The molecule has 0 aliphatic heterocycles. The smallest absolute Gasteiger partial charge is 0.0238 e. The summed E-state index contributed by atoms with van der Waals surface area (Å²) in [6.45, 7) is 7.58. The fraction of sp³-hybridized carbons (Fsp3) is 1.00. The van der Waals surface area contributed by atoms with E-state index in [1.54, 1.807) is 38.5 Å². The normalized spacial score (nSPS) is 41.2. The van der Waals surface area contributed by atoms with Gasteiger partial charge in [-0.2, -0.15) is 0 Å². The second kappa shape index (κ2) is 5.65. The SMILES string of the molecule is CCCCCCCCC12CC3CC(CC(C3)C1(C)C)C2. The zero-order chi connectivity index (χ0) is 14.2. The summed E-state index contributed by atoms with van der Waals surface area (Å²) in [6, 6.07) is 0. The van der Waals surface area contributed by atoms with E-state index >= 15 is 0 Å². The van der Waals surface area contributed by atoms with E-state index in [0.717, 1.165) is 23.2 Å². The average molecular weight is 277 g/mol. The number of unbranched alkanes of at least 4 members (excludes halogenated alkanes) is 5. The maximum absolute atomic E-state index is 2.63. The Morgan fingerprint density at radius 1 is 0.800 bits per heavy atom. The highest BCUT2D eigenvalue weighted by atomic mass is 14.6. The predicted molar refractivity (Wildman–Crippen MR) is 87.8 cm³/mol. The van der Waals surface area contributed by atoms with Gasteiger partial charge in [-0.25, -0.2) is 0 Å². The van der Waals surface area contributed by atoms with Gasteiger partial charge in [-0.1, -0.05) is 59.3 Å². The number of hydrogen-bond donors (Lipinski definition) is 0. The second-order valence-corrected chi connectivity index (χ2v) is 9.06. The Hall–Kier alpha value is 0. The molecule has 0 heterocycles. The molecule has 4 rings (SSSR count). The molecule has 2 atom stereocenters. The van der Waals surface area contributed by atoms with Crippen molar-refractivity contribution in [2.24, 2.45) is 28.6 Å². The first-order valence-electron chi connectivity index (χ1n) is 9.57. The van der Waals surface area contributed by atoms with Crippen LogP contribution in [0.4, 0.5) is 0 Å². The Morgan fingerprint density at radius 3 is 2.05 bits per heavy atom. The highest BCUT2D eigenvalue weighted by Gasteiger charge is 2.60. The molecule has 116 valence electrons. The maximum atomic E-state index is 2.63. The standard InChI is InChI=1S/C20H36/c1-4-5-6-7-8-9-10-20-14-16-11-17(15-20)13-18(12-16)19(20,2)3/h16-18H,4-15H2,1-3H3. The highest BCUT2D eigenvalue weighted by Crippen LogP contribution is 2.69. The minimum Gasteiger partial charge on any atom is -0.0654 e. The van der Waals surface area contributed by atoms with Gasteiger partial charge in [0, 0.05) is 0 Å². The topological polar surface area (TPSA) is 0 Å². The molecular formula is C20H36. The lowest BCUT2D eigenvalue weighted by molar-refractivity contribution is -0.164. The van der Waals surface area contributed by atoms with Crippen molar-refractivity contribution < 1.29 is 0 Å². The van der Waals surface area contributed by atoms with Crippen molar-refractivity contribution >= 4 is 0 Å². The lowest BCUT2D eigenvalue weighted by Gasteiger charge is -2.66. The molecule has 0 amide bonds. The van der Waals surface area contributed by atoms with E-state index in [1.165, 1.54) is 38.5 Å². The van der Waals surface area contributed by atoms with Crippen LogP contribution in [0.15, 0.2) is 0 Å². The van der Waals surface area contributed by atoms with Gasteiger partial charge >= 0.3 is 0 Å². The zero-order valence-corrected chi connectivity index (χ0v) is 14.2. The Bertz CT molecular complexity index is 313. The van der Waals surface area contributed by atoms with Crippen LogP contribution in [0.25, 0.3) is 0 Å². The Labute approximate surface area is 127 Å². The molecule has 0 N–H and O–H groups in total. The van der Waals surface area contributed by atoms with Gasteiger partial charge in [0.25, 0.3) is 0 Å². The number of hydrogen-bond acceptors (Lipinski definition) is 0. The molecule has 4 saturated carbocycles. The molecule has 0 nitrogen and oxygen atoms in total. The van der Waals surface area contributed by atoms with Gasteiger partial charge in [0.1, 0.15) is 0 Å². The largest absolute Gasteiger partial charge is 0.0654 e. The molecule has 0 aromatic rings. The molecule has 20 heavy (non-hydrogen) atoms. The van der Waals surface area contributed by atoms with Gasteiger partial charge in [-0.3, -0.25) is 0 Å². The third-order valence-electron chi connectivity index (χ3n) is 7.66. The van der Waals surface area contributed by atoms with Crippen molar-refractivity contribution in [2.45, 2.75) is 97.8 Å². The van der Waals surface area contributed by atoms with Crippen LogP contribution in [0.5, 0.6) is 0 Å². The fourth-order valence-electron chi connectivity index (χ4n) is 6.41. The van der Waals surface area contributed by atoms with E-state index in [2.05, 4.69) is 20.8 Å². The van der Waals surface area contributed by atoms with Crippen LogP contribution >= 0.6 is 0 Å². The summed E-state index contributed by atoms with van der Waals surface area (Å²) >= 11 is 0. The molecule has 4 aliphatic rings. The molecule has 0 spiro atoms. The van der Waals surface area contributed by atoms with Crippen LogP contribution in [-0.2, 0) is 0 Å². The van der Waals surface area contributed by atoms with E-state index in [1.807, 2.05) is 0 Å². The van der Waals surface area contributed by atoms with Gasteiger partial charge in [0.05, 0.1) is 0 Å². The Balaban J connectivity index is 1.56. The quantitative estimate of drug-likeness (QED) is 0.460. The summed E-state index contributed by atoms with van der Waals surface area (Å²) in [7, 11) is 0. The monoisotopic (exact) mass is 276 g/mol. The first-order chi connectivity index (χ1) is 9.57. The summed E-state index contributed by atoms with van der Waals surface area (Å²) in [5, 5.41) is 0. The molecule has 0 saturated heterocycles. The summed E-state index contributed by atoms with van der Waals surface area (Å²) in [6.07, 6.45) is 18.2. The first-order valence-corrected chi connectivity index (χ1v) is 9.57. The minimum absolute atomic E-state index is 0.643. The lowest BCUT2D eigenvalue weighted by atomic mass is 9.39. The van der Waals surface area contributed by atoms with Gasteiger partial charge < -0.3 is 0 Å². The van der Waals surface area contributed by atoms with Gasteiger partial charge in [0.15, 0.2) is 0 Å². The Morgan fingerprint density at radius 2 is 1.40 bits per heavy atom. The van der Waals surface area contributed by atoms with Crippen molar-refractivity contribution in [3.8, 4) is 0 Å². The lowest BCUT2D eigenvalue weighted by Crippen LogP contribution is -2.57. The molecule has 4 fully saturated rings. The minimum atomic E-state index is 0.643. The summed E-state index contributed by atoms with van der Waals surface area (Å²) in [5.41, 5.74) is 1.39. The van der Waals surface area contributed by atoms with Crippen molar-refractivity contribution in [3.63, 3.8) is 0 Å². The van der Waals surface area contributed by atoms with Crippen molar-refractivity contribution in [3.05, 3.63) is 0 Å². The van der Waals surface area contributed by atoms with E-state index in [9.17, 15) is 0 Å². The molecule has 4 bridgehead atoms. The Kier molecular flexibility index (Phi) is 4.22. The third-order valence-corrected chi connectivity index (χ3v) is 7.66. The van der Waals surface area contributed by atoms with Gasteiger partial charge in [-0.05, 0) is 67.1 Å². The van der Waals surface area contributed by atoms with Crippen molar-refractivity contribution in [1.29, 1.82) is 0 Å². The van der Waals surface area contributed by atoms with Crippen molar-refractivity contribution in [2.75, 3.05) is 0 Å². The van der Waals surface area contributed by atoms with Crippen LogP contribution in [0.2, 0.25) is 0 Å². The average Bonchev–Trinajstić information content (AvgIpc) is 2.40. The molecular weight excluding hydrogens is 240 g/mol. The van der Waals surface area contributed by atoms with Gasteiger partial charge in [-0.15, -0.1) is 0 Å². The van der Waals surface area contributed by atoms with Crippen LogP contribution in [0.3, 0.4) is 0 Å². The van der Waals surface area contributed by atoms with Crippen LogP contribution in [-0.4, -0.2) is 0 Å². The van der Waals surface area contributed by atoms with E-state index in [-0.39, 0.29) is 0 Å². The summed E-state index contributed by atoms with van der Waals surface area (Å²) < 4.78 is 0. The molecule has 0 aromatic heterocycles. The van der Waals surface area contributed by atoms with E-state index in [0.29, 0.717) is 5.41 Å². The molecule has 0 aromatic carbocycles. The number of rotatable bonds is 7. The van der Waals surface area contributed by atoms with E-state index < -0.39 is 0 Å². The van der Waals surface area contributed by atoms with Crippen molar-refractivity contribution in [1.82, 2.24) is 0 Å². The molecule has 0 heteroatoms. The summed E-state index contributed by atoms with van der Waals surface area (Å²) in [5.74, 6) is 3.29. The van der Waals surface area contributed by atoms with Crippen LogP contribution in [0, 0.1) is 28.6 Å². The first kappa shape index (κ1) is 14.9. The highest BCUT2D eigenvalue weighted by molar-refractivity contribution is 5.10. The predicted octanol–water partition coefficient (Wildman–Crippen LogP) is 6.59. The van der Waals surface area contributed by atoms with Crippen LogP contribution in [0.1, 0.15) is 97.8 Å². The molecule has 0 radical (unpaired) electrons. The maximum Gasteiger partial charge on any atom is -0.0238 e. The fourth-order valence-corrected chi connectivity index (χ4v) is 6.41. The van der Waals surface area contributed by atoms with Gasteiger partial charge in [0.2, 0.25) is 0 Å². The molecule has 2 unspecified atom stereocenters. The van der Waals surface area contributed by atoms with Crippen LogP contribution < -0.4 is 0 Å². The third kappa shape index (κ3) is 2.46. The second-order valence-electron chi connectivity index (χ2n) is 9.06. The molecule has 4 aliphatic carbocycles.